The predicted octanol–water partition coefficient (Wildman–Crippen LogP) is -0.599. The van der Waals surface area contributed by atoms with Crippen molar-refractivity contribution in [1.29, 1.82) is 0 Å². The van der Waals surface area contributed by atoms with Gasteiger partial charge in [0, 0.05) is 7.11 Å². The highest BCUT2D eigenvalue weighted by atomic mass is 16.5. The van der Waals surface area contributed by atoms with Gasteiger partial charge in [0.05, 0.1) is 0 Å². The fourth-order valence-corrected chi connectivity index (χ4v) is 0.266. The minimum Gasteiger partial charge on any atom is -0.369 e. The van der Waals surface area contributed by atoms with Crippen molar-refractivity contribution in [2.45, 2.75) is 19.4 Å². The van der Waals surface area contributed by atoms with Crippen molar-refractivity contribution in [3.05, 3.63) is 0 Å². The van der Waals surface area contributed by atoms with Gasteiger partial charge in [-0.25, -0.2) is 5.84 Å². The monoisotopic (exact) mass is 132 g/mol. The molecule has 0 rings (SSSR count). The van der Waals surface area contributed by atoms with Crippen LogP contribution >= 0.6 is 0 Å². The summed E-state index contributed by atoms with van der Waals surface area (Å²) in [5.41, 5.74) is 1.17. The summed E-state index contributed by atoms with van der Waals surface area (Å²) in [6, 6.07) is 0. The molecule has 0 saturated carbocycles. The van der Waals surface area contributed by atoms with Crippen LogP contribution in [0, 0.1) is 0 Å². The Hall–Kier alpha value is -0.610. The van der Waals surface area contributed by atoms with Gasteiger partial charge in [0.25, 0.3) is 5.91 Å². The first kappa shape index (κ1) is 8.39. The van der Waals surface area contributed by atoms with Crippen LogP contribution in [-0.4, -0.2) is 18.6 Å². The minimum absolute atomic E-state index is 0.329. The molecule has 0 heterocycles. The first-order valence-electron chi connectivity index (χ1n) is 2.61. The van der Waals surface area contributed by atoms with Gasteiger partial charge in [0.15, 0.2) is 0 Å². The van der Waals surface area contributed by atoms with Crippen molar-refractivity contribution in [3.8, 4) is 0 Å². The molecule has 0 unspecified atom stereocenters. The summed E-state index contributed by atoms with van der Waals surface area (Å²) in [4.78, 5) is 10.7. The molecule has 0 radical (unpaired) electrons. The predicted molar refractivity (Wildman–Crippen MR) is 33.4 cm³/mol. The summed E-state index contributed by atoms with van der Waals surface area (Å²) in [5.74, 6) is 4.53. The molecule has 0 spiro atoms. The highest BCUT2D eigenvalue weighted by Crippen LogP contribution is 2.05. The highest BCUT2D eigenvalue weighted by Gasteiger charge is 2.25. The largest absolute Gasteiger partial charge is 0.369 e. The molecule has 0 saturated heterocycles. The van der Waals surface area contributed by atoms with Crippen LogP contribution in [0.1, 0.15) is 13.8 Å². The Morgan fingerprint density at radius 2 is 2.11 bits per heavy atom. The number of nitrogens with two attached hydrogens (primary N) is 1. The molecule has 0 fully saturated rings. The van der Waals surface area contributed by atoms with Crippen molar-refractivity contribution in [1.82, 2.24) is 5.43 Å². The molecule has 0 atom stereocenters. The number of rotatable bonds is 2. The molecule has 0 aromatic heterocycles. The molecule has 4 heteroatoms. The Balaban J connectivity index is 3.97. The molecule has 1 amide bonds. The smallest absolute Gasteiger partial charge is 0.265 e. The van der Waals surface area contributed by atoms with E-state index in [9.17, 15) is 4.79 Å². The van der Waals surface area contributed by atoms with E-state index in [0.717, 1.165) is 0 Å². The summed E-state index contributed by atoms with van der Waals surface area (Å²) in [7, 11) is 1.45. The summed E-state index contributed by atoms with van der Waals surface area (Å²) in [5, 5.41) is 0. The van der Waals surface area contributed by atoms with Gasteiger partial charge in [0.2, 0.25) is 0 Å². The Kier molecular flexibility index (Phi) is 2.61. The zero-order valence-electron chi connectivity index (χ0n) is 5.89. The van der Waals surface area contributed by atoms with Crippen molar-refractivity contribution in [2.24, 2.45) is 5.84 Å². The average Bonchev–Trinajstić information content (AvgIpc) is 1.86. The lowest BCUT2D eigenvalue weighted by atomic mass is 10.1. The molecule has 54 valence electrons. The van der Waals surface area contributed by atoms with Crippen LogP contribution < -0.4 is 11.3 Å². The molecule has 0 aliphatic heterocycles. The Bertz CT molecular complexity index is 112. The maximum atomic E-state index is 10.7. The Morgan fingerprint density at radius 3 is 2.22 bits per heavy atom. The van der Waals surface area contributed by atoms with E-state index in [1.165, 1.54) is 7.11 Å². The standard InChI is InChI=1S/C5H12N2O2/c1-5(2,9-3)4(8)7-6/h6H2,1-3H3,(H,7,8). The van der Waals surface area contributed by atoms with E-state index < -0.39 is 5.60 Å². The van der Waals surface area contributed by atoms with Gasteiger partial charge < -0.3 is 4.74 Å². The van der Waals surface area contributed by atoms with Crippen molar-refractivity contribution in [3.63, 3.8) is 0 Å². The number of carbonyl (C=O) groups excluding carboxylic acids is 1. The Morgan fingerprint density at radius 1 is 1.67 bits per heavy atom. The normalized spacial score (nSPS) is 11.1. The zero-order valence-corrected chi connectivity index (χ0v) is 5.89. The molecular weight excluding hydrogens is 120 g/mol. The second kappa shape index (κ2) is 2.80. The van der Waals surface area contributed by atoms with Gasteiger partial charge in [-0.3, -0.25) is 10.2 Å². The lowest BCUT2D eigenvalue weighted by Gasteiger charge is -2.19. The van der Waals surface area contributed by atoms with Crippen LogP contribution in [-0.2, 0) is 9.53 Å². The van der Waals surface area contributed by atoms with Crippen LogP contribution in [0.3, 0.4) is 0 Å². The molecule has 4 nitrogen and oxygen atoms in total. The van der Waals surface area contributed by atoms with E-state index in [0.29, 0.717) is 0 Å². The SMILES string of the molecule is COC(C)(C)C(=O)NN. The van der Waals surface area contributed by atoms with E-state index in [4.69, 9.17) is 10.6 Å². The molecule has 0 aromatic rings. The maximum absolute atomic E-state index is 10.7. The molecule has 0 aliphatic carbocycles. The summed E-state index contributed by atoms with van der Waals surface area (Å²) in [6.45, 7) is 3.27. The van der Waals surface area contributed by atoms with Gasteiger partial charge in [-0.2, -0.15) is 0 Å². The van der Waals surface area contributed by atoms with Crippen LogP contribution in [0.15, 0.2) is 0 Å². The van der Waals surface area contributed by atoms with Crippen molar-refractivity contribution < 1.29 is 9.53 Å². The third-order valence-electron chi connectivity index (χ3n) is 1.19. The van der Waals surface area contributed by atoms with Gasteiger partial charge in [-0.1, -0.05) is 0 Å². The molecule has 3 N–H and O–H groups in total. The first-order valence-corrected chi connectivity index (χ1v) is 2.61. The molecule has 0 aromatic carbocycles. The van der Waals surface area contributed by atoms with E-state index in [2.05, 4.69) is 0 Å². The number of hydrogen-bond acceptors (Lipinski definition) is 3. The summed E-state index contributed by atoms with van der Waals surface area (Å²) < 4.78 is 4.80. The fourth-order valence-electron chi connectivity index (χ4n) is 0.266. The summed E-state index contributed by atoms with van der Waals surface area (Å²) >= 11 is 0. The van der Waals surface area contributed by atoms with Crippen LogP contribution in [0.25, 0.3) is 0 Å². The Labute approximate surface area is 54.3 Å². The van der Waals surface area contributed by atoms with Crippen LogP contribution in [0.5, 0.6) is 0 Å². The zero-order chi connectivity index (χ0) is 7.49. The van der Waals surface area contributed by atoms with Crippen molar-refractivity contribution >= 4 is 5.91 Å². The minimum atomic E-state index is -0.825. The number of carbonyl (C=O) groups is 1. The topological polar surface area (TPSA) is 64.3 Å². The first-order chi connectivity index (χ1) is 4.04. The number of hydrazine groups is 1. The van der Waals surface area contributed by atoms with Gasteiger partial charge in [-0.05, 0) is 13.8 Å². The third kappa shape index (κ3) is 1.99. The average molecular weight is 132 g/mol. The van der Waals surface area contributed by atoms with E-state index in [-0.39, 0.29) is 5.91 Å². The second-order valence-electron chi connectivity index (χ2n) is 2.19. The molecule has 9 heavy (non-hydrogen) atoms. The molecular formula is C5H12N2O2. The van der Waals surface area contributed by atoms with E-state index >= 15 is 0 Å². The second-order valence-corrected chi connectivity index (χ2v) is 2.19. The van der Waals surface area contributed by atoms with E-state index in [1.807, 2.05) is 5.43 Å². The summed E-state index contributed by atoms with van der Waals surface area (Å²) in [6.07, 6.45) is 0. The van der Waals surface area contributed by atoms with Crippen molar-refractivity contribution in [2.75, 3.05) is 7.11 Å². The van der Waals surface area contributed by atoms with E-state index in [1.54, 1.807) is 13.8 Å². The maximum Gasteiger partial charge on any atom is 0.265 e. The fraction of sp³-hybridized carbons (Fsp3) is 0.800. The quantitative estimate of drug-likeness (QED) is 0.299. The van der Waals surface area contributed by atoms with Crippen LogP contribution in [0.2, 0.25) is 0 Å². The third-order valence-corrected chi connectivity index (χ3v) is 1.19. The number of nitrogens with one attached hydrogen (secondary N) is 1. The molecule has 0 aliphatic rings. The lowest BCUT2D eigenvalue weighted by molar-refractivity contribution is -0.139. The number of methoxy groups -OCH3 is 1. The highest BCUT2D eigenvalue weighted by molar-refractivity contribution is 5.83. The van der Waals surface area contributed by atoms with Gasteiger partial charge in [-0.15, -0.1) is 0 Å². The number of hydrogen-bond donors (Lipinski definition) is 2. The molecule has 0 bridgehead atoms. The van der Waals surface area contributed by atoms with Gasteiger partial charge >= 0.3 is 0 Å². The number of ether oxygens (including phenoxy) is 1. The number of amides is 1. The van der Waals surface area contributed by atoms with Crippen LogP contribution in [0.4, 0.5) is 0 Å². The van der Waals surface area contributed by atoms with Gasteiger partial charge in [0.1, 0.15) is 5.60 Å². The lowest BCUT2D eigenvalue weighted by Crippen LogP contribution is -2.46.